The van der Waals surface area contributed by atoms with Crippen LogP contribution in [0.1, 0.15) is 10.4 Å². The molecule has 1 rings (SSSR count). The van der Waals surface area contributed by atoms with E-state index in [1.54, 1.807) is 0 Å². The molecule has 18 heavy (non-hydrogen) atoms. The molecule has 0 atom stereocenters. The monoisotopic (exact) mass is 269 g/mol. The summed E-state index contributed by atoms with van der Waals surface area (Å²) in [5.41, 5.74) is -3.10. The van der Waals surface area contributed by atoms with Gasteiger partial charge in [-0.05, 0) is 12.1 Å². The summed E-state index contributed by atoms with van der Waals surface area (Å²) >= 11 is 0. The Morgan fingerprint density at radius 1 is 1.39 bits per heavy atom. The lowest BCUT2D eigenvalue weighted by Crippen LogP contribution is -2.19. The fourth-order valence-corrected chi connectivity index (χ4v) is 1.14. The van der Waals surface area contributed by atoms with Crippen LogP contribution in [0.15, 0.2) is 12.1 Å². The van der Waals surface area contributed by atoms with E-state index in [2.05, 4.69) is 4.74 Å². The van der Waals surface area contributed by atoms with Crippen molar-refractivity contribution in [3.8, 4) is 5.75 Å². The van der Waals surface area contributed by atoms with Gasteiger partial charge in [0.1, 0.15) is 5.82 Å². The number of hydrogen-bond donors (Lipinski definition) is 1. The van der Waals surface area contributed by atoms with Crippen LogP contribution in [0, 0.1) is 15.9 Å². The van der Waals surface area contributed by atoms with Gasteiger partial charge >= 0.3 is 18.0 Å². The summed E-state index contributed by atoms with van der Waals surface area (Å²) in [6, 6.07) is 0.658. The van der Waals surface area contributed by atoms with Gasteiger partial charge in [-0.3, -0.25) is 10.1 Å². The van der Waals surface area contributed by atoms with E-state index in [0.717, 1.165) is 0 Å². The lowest BCUT2D eigenvalue weighted by Gasteiger charge is -2.10. The Labute approximate surface area is 95.5 Å². The summed E-state index contributed by atoms with van der Waals surface area (Å²) in [6.45, 7) is 0. The van der Waals surface area contributed by atoms with Gasteiger partial charge in [-0.2, -0.15) is 0 Å². The zero-order valence-corrected chi connectivity index (χ0v) is 8.19. The quantitative estimate of drug-likeness (QED) is 0.516. The second-order valence-corrected chi connectivity index (χ2v) is 2.88. The molecule has 10 heteroatoms. The standard InChI is InChI=1S/C8H3F4NO5/c9-3-1-2-4(18-8(10,11)12)6(13(16)17)5(3)7(14)15/h1-2H,(H,14,15). The molecule has 0 aliphatic rings. The first kappa shape index (κ1) is 13.7. The topological polar surface area (TPSA) is 89.7 Å². The van der Waals surface area contributed by atoms with E-state index in [9.17, 15) is 32.5 Å². The van der Waals surface area contributed by atoms with Crippen LogP contribution in [-0.4, -0.2) is 22.4 Å². The molecule has 0 aliphatic heterocycles. The Morgan fingerprint density at radius 3 is 2.33 bits per heavy atom. The number of carbonyl (C=O) groups is 1. The maximum absolute atomic E-state index is 13.1. The molecule has 1 aromatic rings. The maximum atomic E-state index is 13.1. The van der Waals surface area contributed by atoms with Crippen molar-refractivity contribution in [2.45, 2.75) is 6.36 Å². The molecule has 6 nitrogen and oxygen atoms in total. The molecule has 0 amide bonds. The number of hydrogen-bond acceptors (Lipinski definition) is 4. The van der Waals surface area contributed by atoms with Crippen LogP contribution in [0.25, 0.3) is 0 Å². The summed E-state index contributed by atoms with van der Waals surface area (Å²) in [4.78, 5) is 19.6. The molecule has 0 bridgehead atoms. The summed E-state index contributed by atoms with van der Waals surface area (Å²) < 4.78 is 52.1. The fourth-order valence-electron chi connectivity index (χ4n) is 1.14. The average Bonchev–Trinajstić information content (AvgIpc) is 2.17. The van der Waals surface area contributed by atoms with Crippen molar-refractivity contribution in [2.75, 3.05) is 0 Å². The molecule has 0 saturated heterocycles. The van der Waals surface area contributed by atoms with Crippen LogP contribution < -0.4 is 4.74 Å². The molecular weight excluding hydrogens is 266 g/mol. The number of alkyl halides is 3. The van der Waals surface area contributed by atoms with Gasteiger partial charge in [0.25, 0.3) is 0 Å². The lowest BCUT2D eigenvalue weighted by molar-refractivity contribution is -0.389. The van der Waals surface area contributed by atoms with E-state index in [1.165, 1.54) is 0 Å². The minimum Gasteiger partial charge on any atom is -0.477 e. The number of rotatable bonds is 3. The zero-order valence-electron chi connectivity index (χ0n) is 8.19. The van der Waals surface area contributed by atoms with Crippen molar-refractivity contribution >= 4 is 11.7 Å². The number of benzene rings is 1. The molecule has 0 aliphatic carbocycles. The van der Waals surface area contributed by atoms with E-state index in [-0.39, 0.29) is 0 Å². The van der Waals surface area contributed by atoms with Crippen molar-refractivity contribution in [1.82, 2.24) is 0 Å². The second-order valence-electron chi connectivity index (χ2n) is 2.88. The number of nitrogens with zero attached hydrogens (tertiary/aromatic N) is 1. The molecule has 98 valence electrons. The van der Waals surface area contributed by atoms with Gasteiger partial charge in [0, 0.05) is 0 Å². The van der Waals surface area contributed by atoms with E-state index in [1.807, 2.05) is 0 Å². The predicted octanol–water partition coefficient (Wildman–Crippen LogP) is 2.33. The third kappa shape index (κ3) is 2.84. The third-order valence-electron chi connectivity index (χ3n) is 1.71. The maximum Gasteiger partial charge on any atom is 0.573 e. The number of carboxylic acids is 1. The predicted molar refractivity (Wildman–Crippen MR) is 46.7 cm³/mol. The van der Waals surface area contributed by atoms with Crippen molar-refractivity contribution in [1.29, 1.82) is 0 Å². The molecule has 0 spiro atoms. The number of aromatic carboxylic acids is 1. The molecule has 0 unspecified atom stereocenters. The molecule has 0 heterocycles. The smallest absolute Gasteiger partial charge is 0.477 e. The van der Waals surface area contributed by atoms with Crippen molar-refractivity contribution in [3.63, 3.8) is 0 Å². The average molecular weight is 269 g/mol. The molecular formula is C8H3F4NO5. The molecule has 0 aromatic heterocycles. The van der Waals surface area contributed by atoms with Crippen LogP contribution in [0.2, 0.25) is 0 Å². The Bertz CT molecular complexity index is 513. The van der Waals surface area contributed by atoms with Crippen molar-refractivity contribution < 1.29 is 37.1 Å². The van der Waals surface area contributed by atoms with E-state index in [4.69, 9.17) is 5.11 Å². The van der Waals surface area contributed by atoms with Crippen LogP contribution in [0.4, 0.5) is 23.2 Å². The highest BCUT2D eigenvalue weighted by atomic mass is 19.4. The van der Waals surface area contributed by atoms with E-state index >= 15 is 0 Å². The van der Waals surface area contributed by atoms with Gasteiger partial charge in [-0.25, -0.2) is 9.18 Å². The summed E-state index contributed by atoms with van der Waals surface area (Å²) in [5.74, 6) is -5.01. The van der Waals surface area contributed by atoms with Crippen LogP contribution in [-0.2, 0) is 0 Å². The fraction of sp³-hybridized carbons (Fsp3) is 0.125. The largest absolute Gasteiger partial charge is 0.573 e. The third-order valence-corrected chi connectivity index (χ3v) is 1.71. The van der Waals surface area contributed by atoms with Gasteiger partial charge in [0.15, 0.2) is 5.56 Å². The Kier molecular flexibility index (Phi) is 3.39. The van der Waals surface area contributed by atoms with Crippen LogP contribution in [0.3, 0.4) is 0 Å². The van der Waals surface area contributed by atoms with Gasteiger partial charge in [-0.15, -0.1) is 13.2 Å². The zero-order chi connectivity index (χ0) is 14.1. The first-order valence-electron chi connectivity index (χ1n) is 4.09. The Hall–Kier alpha value is -2.39. The highest BCUT2D eigenvalue weighted by Gasteiger charge is 2.37. The highest BCUT2D eigenvalue weighted by Crippen LogP contribution is 2.36. The molecule has 0 saturated carbocycles. The number of nitro groups is 1. The van der Waals surface area contributed by atoms with Gasteiger partial charge < -0.3 is 9.84 Å². The van der Waals surface area contributed by atoms with E-state index in [0.29, 0.717) is 12.1 Å². The van der Waals surface area contributed by atoms with Gasteiger partial charge in [0.2, 0.25) is 5.75 Å². The van der Waals surface area contributed by atoms with Gasteiger partial charge in [-0.1, -0.05) is 0 Å². The number of nitro benzene ring substituents is 1. The first-order valence-corrected chi connectivity index (χ1v) is 4.09. The minimum absolute atomic E-state index is 0.327. The Morgan fingerprint density at radius 2 is 1.94 bits per heavy atom. The highest BCUT2D eigenvalue weighted by molar-refractivity contribution is 5.94. The normalized spacial score (nSPS) is 11.1. The second kappa shape index (κ2) is 4.47. The summed E-state index contributed by atoms with van der Waals surface area (Å²) in [6.07, 6.45) is -5.27. The Balaban J connectivity index is 3.49. The van der Waals surface area contributed by atoms with Crippen LogP contribution in [0.5, 0.6) is 5.75 Å². The number of halogens is 4. The first-order chi connectivity index (χ1) is 8.13. The number of ether oxygens (including phenoxy) is 1. The molecule has 1 N–H and O–H groups in total. The minimum atomic E-state index is -5.27. The van der Waals surface area contributed by atoms with Crippen molar-refractivity contribution in [3.05, 3.63) is 33.6 Å². The van der Waals surface area contributed by atoms with Gasteiger partial charge in [0.05, 0.1) is 4.92 Å². The summed E-state index contributed by atoms with van der Waals surface area (Å²) in [7, 11) is 0. The number of carboxylic acid groups (broad SMARTS) is 1. The molecule has 1 aromatic carbocycles. The lowest BCUT2D eigenvalue weighted by atomic mass is 10.1. The van der Waals surface area contributed by atoms with E-state index < -0.39 is 40.1 Å². The van der Waals surface area contributed by atoms with Crippen molar-refractivity contribution in [2.24, 2.45) is 0 Å². The SMILES string of the molecule is O=C(O)c1c(F)ccc(OC(F)(F)F)c1[N+](=O)[O-]. The molecule has 0 radical (unpaired) electrons. The summed E-state index contributed by atoms with van der Waals surface area (Å²) in [5, 5.41) is 19.1. The molecule has 0 fully saturated rings. The van der Waals surface area contributed by atoms with Crippen LogP contribution >= 0.6 is 0 Å².